The number of rotatable bonds is 3. The van der Waals surface area contributed by atoms with Crippen molar-refractivity contribution in [1.29, 1.82) is 0 Å². The lowest BCUT2D eigenvalue weighted by Crippen LogP contribution is -2.25. The Hall–Kier alpha value is -1.66. The van der Waals surface area contributed by atoms with Crippen LogP contribution in [-0.2, 0) is 10.0 Å². The predicted molar refractivity (Wildman–Crippen MR) is 81.3 cm³/mol. The summed E-state index contributed by atoms with van der Waals surface area (Å²) in [5.74, 6) is 0. The van der Waals surface area contributed by atoms with Crippen LogP contribution in [0.25, 0.3) is 0 Å². The first kappa shape index (κ1) is 13.3. The summed E-state index contributed by atoms with van der Waals surface area (Å²) >= 11 is 1.58. The molecule has 0 unspecified atom stereocenters. The minimum atomic E-state index is -3.37. The largest absolute Gasteiger partial charge is 0.247 e. The van der Waals surface area contributed by atoms with Crippen LogP contribution in [0.2, 0.25) is 0 Å². The maximum absolute atomic E-state index is 12.0. The normalized spacial score (nSPS) is 19.1. The van der Waals surface area contributed by atoms with Crippen LogP contribution in [0.4, 0.5) is 0 Å². The first-order valence-corrected chi connectivity index (χ1v) is 8.94. The standard InChI is InChI=1S/C14H14N2O2S2/c1-20(17,18)16-13(11-6-3-2-4-7-11)10-12(15-16)14-8-5-9-19-14/h2-9,13H,10H2,1H3/t13-/m1/s1. The highest BCUT2D eigenvalue weighted by Gasteiger charge is 2.34. The van der Waals surface area contributed by atoms with Gasteiger partial charge in [0, 0.05) is 6.42 Å². The van der Waals surface area contributed by atoms with Crippen molar-refractivity contribution in [1.82, 2.24) is 4.41 Å². The van der Waals surface area contributed by atoms with Gasteiger partial charge in [0.1, 0.15) is 0 Å². The van der Waals surface area contributed by atoms with Gasteiger partial charge in [0.2, 0.25) is 10.0 Å². The zero-order chi connectivity index (χ0) is 14.2. The molecule has 1 aromatic carbocycles. The first-order chi connectivity index (χ1) is 9.55. The molecule has 0 radical (unpaired) electrons. The highest BCUT2D eigenvalue weighted by Crippen LogP contribution is 2.35. The molecule has 2 aromatic rings. The minimum absolute atomic E-state index is 0.247. The summed E-state index contributed by atoms with van der Waals surface area (Å²) in [6.45, 7) is 0. The van der Waals surface area contributed by atoms with E-state index >= 15 is 0 Å². The molecule has 0 aliphatic carbocycles. The van der Waals surface area contributed by atoms with E-state index in [1.54, 1.807) is 11.3 Å². The van der Waals surface area contributed by atoms with Crippen LogP contribution in [-0.4, -0.2) is 24.8 Å². The fourth-order valence-corrected chi connectivity index (χ4v) is 3.94. The number of hydrogen-bond donors (Lipinski definition) is 0. The average Bonchev–Trinajstić information content (AvgIpc) is 3.08. The second-order valence-electron chi connectivity index (χ2n) is 4.69. The van der Waals surface area contributed by atoms with Crippen molar-refractivity contribution < 1.29 is 8.42 Å². The molecule has 4 nitrogen and oxygen atoms in total. The number of sulfonamides is 1. The molecule has 0 N–H and O–H groups in total. The third-order valence-corrected chi connectivity index (χ3v) is 5.14. The van der Waals surface area contributed by atoms with Crippen molar-refractivity contribution in [3.63, 3.8) is 0 Å². The summed E-state index contributed by atoms with van der Waals surface area (Å²) in [4.78, 5) is 1.03. The summed E-state index contributed by atoms with van der Waals surface area (Å²) in [6.07, 6.45) is 1.81. The van der Waals surface area contributed by atoms with Crippen LogP contribution in [0, 0.1) is 0 Å². The molecular formula is C14H14N2O2S2. The second kappa shape index (κ2) is 5.03. The van der Waals surface area contributed by atoms with E-state index < -0.39 is 10.0 Å². The fraction of sp³-hybridized carbons (Fsp3) is 0.214. The van der Waals surface area contributed by atoms with E-state index in [1.165, 1.54) is 10.7 Å². The monoisotopic (exact) mass is 306 g/mol. The molecule has 20 heavy (non-hydrogen) atoms. The zero-order valence-electron chi connectivity index (χ0n) is 10.9. The molecule has 1 atom stereocenters. The van der Waals surface area contributed by atoms with Gasteiger partial charge in [-0.05, 0) is 17.0 Å². The van der Waals surface area contributed by atoms with Gasteiger partial charge in [0.05, 0.1) is 22.9 Å². The fourth-order valence-electron chi connectivity index (χ4n) is 2.31. The molecule has 3 rings (SSSR count). The van der Waals surface area contributed by atoms with Crippen molar-refractivity contribution in [3.8, 4) is 0 Å². The van der Waals surface area contributed by atoms with Crippen molar-refractivity contribution in [2.45, 2.75) is 12.5 Å². The third kappa shape index (κ3) is 2.48. The minimum Gasteiger partial charge on any atom is -0.205 e. The zero-order valence-corrected chi connectivity index (χ0v) is 12.6. The number of nitrogens with zero attached hydrogens (tertiary/aromatic N) is 2. The molecule has 6 heteroatoms. The molecule has 0 saturated heterocycles. The summed E-state index contributed by atoms with van der Waals surface area (Å²) < 4.78 is 25.1. The van der Waals surface area contributed by atoms with E-state index in [0.717, 1.165) is 16.2 Å². The molecule has 1 aliphatic heterocycles. The van der Waals surface area contributed by atoms with Gasteiger partial charge in [-0.2, -0.15) is 9.52 Å². The Balaban J connectivity index is 2.01. The molecule has 1 aromatic heterocycles. The highest BCUT2D eigenvalue weighted by molar-refractivity contribution is 7.88. The van der Waals surface area contributed by atoms with Crippen LogP contribution in [0.3, 0.4) is 0 Å². The van der Waals surface area contributed by atoms with Gasteiger partial charge in [-0.1, -0.05) is 36.4 Å². The van der Waals surface area contributed by atoms with Gasteiger partial charge in [-0.3, -0.25) is 0 Å². The van der Waals surface area contributed by atoms with E-state index in [4.69, 9.17) is 0 Å². The Kier molecular flexibility index (Phi) is 3.35. The van der Waals surface area contributed by atoms with E-state index in [-0.39, 0.29) is 6.04 Å². The summed E-state index contributed by atoms with van der Waals surface area (Å²) in [5.41, 5.74) is 1.80. The maximum atomic E-state index is 12.0. The van der Waals surface area contributed by atoms with Crippen LogP contribution >= 0.6 is 11.3 Å². The summed E-state index contributed by atoms with van der Waals surface area (Å²) in [7, 11) is -3.37. The van der Waals surface area contributed by atoms with Crippen molar-refractivity contribution in [3.05, 3.63) is 58.3 Å². The van der Waals surface area contributed by atoms with Gasteiger partial charge >= 0.3 is 0 Å². The molecule has 0 fully saturated rings. The molecule has 0 spiro atoms. The summed E-state index contributed by atoms with van der Waals surface area (Å²) in [5, 5.41) is 6.30. The molecule has 1 aliphatic rings. The number of thiophene rings is 1. The van der Waals surface area contributed by atoms with Gasteiger partial charge in [0.15, 0.2) is 0 Å². The Morgan fingerprint density at radius 1 is 1.20 bits per heavy atom. The summed E-state index contributed by atoms with van der Waals surface area (Å²) in [6, 6.07) is 13.3. The second-order valence-corrected chi connectivity index (χ2v) is 7.48. The number of hydrazone groups is 1. The van der Waals surface area contributed by atoms with E-state index in [2.05, 4.69) is 5.10 Å². The highest BCUT2D eigenvalue weighted by atomic mass is 32.2. The van der Waals surface area contributed by atoms with Crippen molar-refractivity contribution in [2.24, 2.45) is 5.10 Å². The van der Waals surface area contributed by atoms with Gasteiger partial charge in [-0.25, -0.2) is 8.42 Å². The molecule has 0 bridgehead atoms. The van der Waals surface area contributed by atoms with Gasteiger partial charge in [0.25, 0.3) is 0 Å². The lowest BCUT2D eigenvalue weighted by atomic mass is 10.0. The Morgan fingerprint density at radius 3 is 2.55 bits per heavy atom. The van der Waals surface area contributed by atoms with E-state index in [9.17, 15) is 8.42 Å². The van der Waals surface area contributed by atoms with Crippen LogP contribution in [0.1, 0.15) is 22.9 Å². The maximum Gasteiger partial charge on any atom is 0.247 e. The third-order valence-electron chi connectivity index (χ3n) is 3.20. The van der Waals surface area contributed by atoms with E-state index in [1.807, 2.05) is 47.8 Å². The Bertz CT molecular complexity index is 722. The van der Waals surface area contributed by atoms with Crippen LogP contribution < -0.4 is 0 Å². The van der Waals surface area contributed by atoms with Crippen molar-refractivity contribution >= 4 is 27.1 Å². The molecular weight excluding hydrogens is 292 g/mol. The van der Waals surface area contributed by atoms with Gasteiger partial charge < -0.3 is 0 Å². The molecule has 0 saturated carbocycles. The first-order valence-electron chi connectivity index (χ1n) is 6.21. The molecule has 104 valence electrons. The smallest absolute Gasteiger partial charge is 0.205 e. The van der Waals surface area contributed by atoms with Crippen LogP contribution in [0.15, 0.2) is 52.9 Å². The molecule has 2 heterocycles. The Morgan fingerprint density at radius 2 is 1.95 bits per heavy atom. The SMILES string of the molecule is CS(=O)(=O)N1N=C(c2cccs2)C[C@@H]1c1ccccc1. The molecule has 0 amide bonds. The van der Waals surface area contributed by atoms with E-state index in [0.29, 0.717) is 6.42 Å². The average molecular weight is 306 g/mol. The topological polar surface area (TPSA) is 49.7 Å². The number of hydrogen-bond acceptors (Lipinski definition) is 4. The lowest BCUT2D eigenvalue weighted by Gasteiger charge is -2.21. The van der Waals surface area contributed by atoms with Gasteiger partial charge in [-0.15, -0.1) is 11.3 Å². The van der Waals surface area contributed by atoms with Crippen LogP contribution in [0.5, 0.6) is 0 Å². The lowest BCUT2D eigenvalue weighted by molar-refractivity contribution is 0.375. The Labute approximate surface area is 122 Å². The number of benzene rings is 1. The van der Waals surface area contributed by atoms with Crippen molar-refractivity contribution in [2.75, 3.05) is 6.26 Å². The quantitative estimate of drug-likeness (QED) is 0.875. The predicted octanol–water partition coefficient (Wildman–Crippen LogP) is 2.86.